The van der Waals surface area contributed by atoms with Crippen LogP contribution in [0.4, 0.5) is 17.1 Å². The van der Waals surface area contributed by atoms with Crippen LogP contribution < -0.4 is 10.6 Å². The van der Waals surface area contributed by atoms with Crippen molar-refractivity contribution >= 4 is 29.5 Å². The van der Waals surface area contributed by atoms with Crippen molar-refractivity contribution in [2.45, 2.75) is 40.2 Å². The van der Waals surface area contributed by atoms with Crippen LogP contribution in [-0.2, 0) is 4.57 Å². The molecule has 0 aromatic heterocycles. The molecule has 0 aliphatic heterocycles. The number of hydrogen-bond donors (Lipinski definition) is 1. The van der Waals surface area contributed by atoms with Gasteiger partial charge in [0.25, 0.3) is 11.4 Å². The second-order valence-electron chi connectivity index (χ2n) is 5.35. The number of nitrogens with zero attached hydrogens (tertiary/aromatic N) is 2. The molecule has 0 aliphatic carbocycles. The molecule has 1 aromatic carbocycles. The van der Waals surface area contributed by atoms with Gasteiger partial charge in [-0.05, 0) is 13.3 Å². The summed E-state index contributed by atoms with van der Waals surface area (Å²) in [5.74, 6) is 0. The summed E-state index contributed by atoms with van der Waals surface area (Å²) in [5, 5.41) is 25.8. The number of nitro benzene ring substituents is 2. The van der Waals surface area contributed by atoms with Gasteiger partial charge in [-0.25, -0.2) is 0 Å². The van der Waals surface area contributed by atoms with Gasteiger partial charge in [-0.15, -0.1) is 0 Å². The smallest absolute Gasteiger partial charge is 0.300 e. The lowest BCUT2D eigenvalue weighted by atomic mass is 10.2. The lowest BCUT2D eigenvalue weighted by Gasteiger charge is -2.17. The summed E-state index contributed by atoms with van der Waals surface area (Å²) in [7, 11) is -2.86. The number of nitro groups is 2. The van der Waals surface area contributed by atoms with Crippen LogP contribution in [0.25, 0.3) is 0 Å². The molecule has 0 radical (unpaired) electrons. The molecule has 128 valence electrons. The molecule has 0 saturated carbocycles. The molecule has 1 rings (SSSR count). The predicted molar refractivity (Wildman–Crippen MR) is 91.4 cm³/mol. The van der Waals surface area contributed by atoms with Gasteiger partial charge < -0.3 is 9.88 Å². The van der Waals surface area contributed by atoms with E-state index in [1.807, 2.05) is 6.92 Å². The van der Waals surface area contributed by atoms with Gasteiger partial charge in [0, 0.05) is 35.8 Å². The van der Waals surface area contributed by atoms with E-state index in [1.54, 1.807) is 20.8 Å². The highest BCUT2D eigenvalue weighted by Crippen LogP contribution is 2.47. The highest BCUT2D eigenvalue weighted by molar-refractivity contribution is 7.71. The molecule has 0 fully saturated rings. The summed E-state index contributed by atoms with van der Waals surface area (Å²) in [6.45, 7) is 7.08. The molecule has 0 saturated heterocycles. The first-order chi connectivity index (χ1) is 10.7. The fourth-order valence-electron chi connectivity index (χ4n) is 2.21. The Kier molecular flexibility index (Phi) is 6.27. The zero-order valence-electron chi connectivity index (χ0n) is 13.7. The highest BCUT2D eigenvalue weighted by atomic mass is 31.2. The van der Waals surface area contributed by atoms with Gasteiger partial charge in [0.2, 0.25) is 0 Å². The number of anilines is 1. The molecule has 1 unspecified atom stereocenters. The Hall–Kier alpha value is -1.95. The molecule has 0 aliphatic rings. The van der Waals surface area contributed by atoms with Gasteiger partial charge in [0.15, 0.2) is 5.69 Å². The quantitative estimate of drug-likeness (QED) is 0.437. The third-order valence-electron chi connectivity index (χ3n) is 3.97. The molecule has 0 spiro atoms. The van der Waals surface area contributed by atoms with E-state index in [0.717, 1.165) is 0 Å². The molecule has 0 bridgehead atoms. The molecule has 0 heterocycles. The fraction of sp³-hybridized carbons (Fsp3) is 0.571. The molecule has 8 nitrogen and oxygen atoms in total. The summed E-state index contributed by atoms with van der Waals surface area (Å²) >= 11 is 0. The Morgan fingerprint density at radius 3 is 1.83 bits per heavy atom. The molecular weight excluding hydrogens is 321 g/mol. The highest BCUT2D eigenvalue weighted by Gasteiger charge is 2.32. The summed E-state index contributed by atoms with van der Waals surface area (Å²) < 4.78 is 12.8. The van der Waals surface area contributed by atoms with Crippen LogP contribution >= 0.6 is 7.14 Å². The average molecular weight is 343 g/mol. The van der Waals surface area contributed by atoms with Gasteiger partial charge in [0.05, 0.1) is 9.85 Å². The second kappa shape index (κ2) is 7.55. The molecule has 1 N–H and O–H groups in total. The van der Waals surface area contributed by atoms with E-state index in [2.05, 4.69) is 5.32 Å². The van der Waals surface area contributed by atoms with Crippen molar-refractivity contribution in [3.8, 4) is 0 Å². The van der Waals surface area contributed by atoms with Gasteiger partial charge >= 0.3 is 0 Å². The zero-order chi connectivity index (χ0) is 17.8. The number of nitrogens with one attached hydrogen (secondary N) is 1. The van der Waals surface area contributed by atoms with Gasteiger partial charge in [-0.3, -0.25) is 20.2 Å². The van der Waals surface area contributed by atoms with Crippen molar-refractivity contribution in [1.82, 2.24) is 0 Å². The van der Waals surface area contributed by atoms with Crippen molar-refractivity contribution in [2.75, 3.05) is 17.6 Å². The van der Waals surface area contributed by atoms with E-state index in [0.29, 0.717) is 18.7 Å². The Morgan fingerprint density at radius 1 is 1.09 bits per heavy atom. The standard InChI is InChI=1S/C14H22N3O5P/c1-5-10(4)15-14-12(16(18)19)8-11(9-13(14)17(20)21)23(22,6-2)7-3/h8-10,15H,5-7H2,1-4H3. The Bertz CT molecular complexity index is 619. The van der Waals surface area contributed by atoms with Crippen LogP contribution in [-0.4, -0.2) is 28.2 Å². The monoisotopic (exact) mass is 343 g/mol. The average Bonchev–Trinajstić information content (AvgIpc) is 2.53. The number of hydrogen-bond acceptors (Lipinski definition) is 6. The third kappa shape index (κ3) is 4.07. The van der Waals surface area contributed by atoms with Crippen LogP contribution in [0.15, 0.2) is 12.1 Å². The summed E-state index contributed by atoms with van der Waals surface area (Å²) in [6, 6.07) is 2.26. The van der Waals surface area contributed by atoms with E-state index in [1.165, 1.54) is 12.1 Å². The summed E-state index contributed by atoms with van der Waals surface area (Å²) in [6.07, 6.45) is 1.25. The van der Waals surface area contributed by atoms with Crippen molar-refractivity contribution in [1.29, 1.82) is 0 Å². The Balaban J connectivity index is 3.68. The van der Waals surface area contributed by atoms with Gasteiger partial charge in [0.1, 0.15) is 7.14 Å². The minimum atomic E-state index is -2.86. The van der Waals surface area contributed by atoms with Gasteiger partial charge in [-0.2, -0.15) is 0 Å². The van der Waals surface area contributed by atoms with Crippen LogP contribution in [0.1, 0.15) is 34.1 Å². The first-order valence-corrected chi connectivity index (χ1v) is 9.59. The summed E-state index contributed by atoms with van der Waals surface area (Å²) in [4.78, 5) is 21.4. The van der Waals surface area contributed by atoms with Crippen LogP contribution in [0.5, 0.6) is 0 Å². The second-order valence-corrected chi connectivity index (χ2v) is 8.91. The first kappa shape index (κ1) is 19.1. The lowest BCUT2D eigenvalue weighted by Crippen LogP contribution is -2.18. The fourth-order valence-corrected chi connectivity index (χ4v) is 4.10. The normalized spacial score (nSPS) is 12.7. The molecule has 23 heavy (non-hydrogen) atoms. The Morgan fingerprint density at radius 2 is 1.52 bits per heavy atom. The van der Waals surface area contributed by atoms with Crippen molar-refractivity contribution < 1.29 is 14.4 Å². The number of benzene rings is 1. The largest absolute Gasteiger partial charge is 0.371 e. The van der Waals surface area contributed by atoms with E-state index >= 15 is 0 Å². The van der Waals surface area contributed by atoms with E-state index in [4.69, 9.17) is 0 Å². The van der Waals surface area contributed by atoms with Crippen molar-refractivity contribution in [2.24, 2.45) is 0 Å². The van der Waals surface area contributed by atoms with E-state index in [9.17, 15) is 24.8 Å². The van der Waals surface area contributed by atoms with Gasteiger partial charge in [-0.1, -0.05) is 20.8 Å². The van der Waals surface area contributed by atoms with E-state index < -0.39 is 28.4 Å². The minimum absolute atomic E-state index is 0.128. The molecule has 9 heteroatoms. The van der Waals surface area contributed by atoms with Crippen molar-refractivity contribution in [3.05, 3.63) is 32.4 Å². The van der Waals surface area contributed by atoms with Crippen molar-refractivity contribution in [3.63, 3.8) is 0 Å². The van der Waals surface area contributed by atoms with Crippen LogP contribution in [0, 0.1) is 20.2 Å². The molecule has 1 aromatic rings. The minimum Gasteiger partial charge on any atom is -0.371 e. The SMILES string of the molecule is CCC(C)Nc1c([N+](=O)[O-])cc(P(=O)(CC)CC)cc1[N+](=O)[O-]. The lowest BCUT2D eigenvalue weighted by molar-refractivity contribution is -0.392. The maximum atomic E-state index is 12.8. The molecule has 1 atom stereocenters. The first-order valence-electron chi connectivity index (χ1n) is 7.52. The molecule has 0 amide bonds. The van der Waals surface area contributed by atoms with Crippen LogP contribution in [0.2, 0.25) is 0 Å². The van der Waals surface area contributed by atoms with E-state index in [-0.39, 0.29) is 17.0 Å². The third-order valence-corrected chi connectivity index (χ3v) is 7.21. The topological polar surface area (TPSA) is 115 Å². The number of rotatable bonds is 8. The predicted octanol–water partition coefficient (Wildman–Crippen LogP) is 3.74. The Labute approximate surface area is 134 Å². The molecular formula is C14H22N3O5P. The van der Waals surface area contributed by atoms with Crippen LogP contribution in [0.3, 0.4) is 0 Å². The summed E-state index contributed by atoms with van der Waals surface area (Å²) in [5.41, 5.74) is -0.940. The maximum absolute atomic E-state index is 12.8. The zero-order valence-corrected chi connectivity index (χ0v) is 14.6. The maximum Gasteiger partial charge on any atom is 0.300 e.